The summed E-state index contributed by atoms with van der Waals surface area (Å²) in [4.78, 5) is 26.1. The van der Waals surface area contributed by atoms with Crippen LogP contribution in [0.25, 0.3) is 0 Å². The highest BCUT2D eigenvalue weighted by molar-refractivity contribution is 7.09. The van der Waals surface area contributed by atoms with Crippen molar-refractivity contribution in [1.29, 1.82) is 0 Å². The van der Waals surface area contributed by atoms with Gasteiger partial charge in [0, 0.05) is 24.9 Å². The summed E-state index contributed by atoms with van der Waals surface area (Å²) in [6.45, 7) is 1.20. The Kier molecular flexibility index (Phi) is 4.73. The lowest BCUT2D eigenvalue weighted by atomic mass is 9.85. The van der Waals surface area contributed by atoms with Gasteiger partial charge in [-0.3, -0.25) is 0 Å². The van der Waals surface area contributed by atoms with Gasteiger partial charge in [-0.05, 0) is 18.8 Å². The summed E-state index contributed by atoms with van der Waals surface area (Å²) in [5.74, 6) is -0.378. The largest absolute Gasteiger partial charge is 0.476 e. The molecule has 0 aromatic carbocycles. The van der Waals surface area contributed by atoms with Gasteiger partial charge < -0.3 is 15.7 Å². The summed E-state index contributed by atoms with van der Waals surface area (Å²) >= 11 is 1.30. The Morgan fingerprint density at radius 3 is 2.79 bits per heavy atom. The van der Waals surface area contributed by atoms with Crippen molar-refractivity contribution in [3.63, 3.8) is 0 Å². The Labute approximate surface area is 115 Å². The zero-order chi connectivity index (χ0) is 13.7. The average molecular weight is 283 g/mol. The molecule has 0 saturated heterocycles. The molecule has 1 aliphatic rings. The van der Waals surface area contributed by atoms with Crippen molar-refractivity contribution in [3.8, 4) is 0 Å². The molecular formula is C12H17N3O3S. The van der Waals surface area contributed by atoms with Crippen LogP contribution in [-0.2, 0) is 6.42 Å². The molecule has 0 unspecified atom stereocenters. The molecule has 0 bridgehead atoms. The molecule has 0 radical (unpaired) electrons. The van der Waals surface area contributed by atoms with Gasteiger partial charge in [0.25, 0.3) is 0 Å². The summed E-state index contributed by atoms with van der Waals surface area (Å²) < 4.78 is 0. The minimum Gasteiger partial charge on any atom is -0.476 e. The monoisotopic (exact) mass is 283 g/mol. The van der Waals surface area contributed by atoms with E-state index in [1.807, 2.05) is 0 Å². The van der Waals surface area contributed by atoms with Crippen molar-refractivity contribution in [2.45, 2.75) is 25.7 Å². The Morgan fingerprint density at radius 1 is 1.42 bits per heavy atom. The maximum atomic E-state index is 11.5. The van der Waals surface area contributed by atoms with E-state index in [1.54, 1.807) is 0 Å². The van der Waals surface area contributed by atoms with Crippen LogP contribution in [0, 0.1) is 5.92 Å². The first-order chi connectivity index (χ1) is 9.15. The summed E-state index contributed by atoms with van der Waals surface area (Å²) in [5.41, 5.74) is 0.0643. The number of carboxylic acid groups (broad SMARTS) is 1. The second-order valence-corrected chi connectivity index (χ2v) is 5.56. The molecule has 1 aromatic rings. The molecule has 2 rings (SSSR count). The molecule has 2 amide bonds. The van der Waals surface area contributed by atoms with Crippen LogP contribution < -0.4 is 10.6 Å². The van der Waals surface area contributed by atoms with Crippen LogP contribution in [0.5, 0.6) is 0 Å². The van der Waals surface area contributed by atoms with E-state index in [-0.39, 0.29) is 11.7 Å². The second-order valence-electron chi connectivity index (χ2n) is 4.62. The fraction of sp³-hybridized carbons (Fsp3) is 0.583. The molecule has 1 aromatic heterocycles. The van der Waals surface area contributed by atoms with Gasteiger partial charge >= 0.3 is 12.0 Å². The van der Waals surface area contributed by atoms with E-state index in [1.165, 1.54) is 36.0 Å². The number of thiazole rings is 1. The molecular weight excluding hydrogens is 266 g/mol. The molecule has 1 saturated carbocycles. The Hall–Kier alpha value is -1.63. The van der Waals surface area contributed by atoms with Gasteiger partial charge in [-0.25, -0.2) is 14.6 Å². The third-order valence-corrected chi connectivity index (χ3v) is 4.08. The van der Waals surface area contributed by atoms with Crippen molar-refractivity contribution < 1.29 is 14.7 Å². The molecule has 6 nitrogen and oxygen atoms in total. The van der Waals surface area contributed by atoms with E-state index in [0.717, 1.165) is 11.6 Å². The molecule has 19 heavy (non-hydrogen) atoms. The first-order valence-corrected chi connectivity index (χ1v) is 7.22. The molecule has 3 N–H and O–H groups in total. The second kappa shape index (κ2) is 6.51. The van der Waals surface area contributed by atoms with E-state index in [4.69, 9.17) is 5.11 Å². The normalized spacial score (nSPS) is 14.7. The van der Waals surface area contributed by atoms with Gasteiger partial charge in [0.05, 0.1) is 5.01 Å². The van der Waals surface area contributed by atoms with E-state index in [2.05, 4.69) is 15.6 Å². The number of nitrogens with one attached hydrogen (secondary N) is 2. The van der Waals surface area contributed by atoms with E-state index in [0.29, 0.717) is 18.9 Å². The number of rotatable bonds is 6. The Morgan fingerprint density at radius 2 is 2.21 bits per heavy atom. The van der Waals surface area contributed by atoms with Crippen LogP contribution in [0.15, 0.2) is 5.38 Å². The van der Waals surface area contributed by atoms with E-state index < -0.39 is 5.97 Å². The third-order valence-electron chi connectivity index (χ3n) is 3.17. The predicted molar refractivity (Wildman–Crippen MR) is 71.5 cm³/mol. The standard InChI is InChI=1S/C12H17N3O3S/c16-11(17)9-7-19-10(15-9)4-5-13-12(18)14-6-8-2-1-3-8/h7-8H,1-6H2,(H,16,17)(H2,13,14,18). The smallest absolute Gasteiger partial charge is 0.355 e. The number of hydrogen-bond donors (Lipinski definition) is 3. The SMILES string of the molecule is O=C(NCCc1nc(C(=O)O)cs1)NCC1CCC1. The zero-order valence-corrected chi connectivity index (χ0v) is 11.3. The average Bonchev–Trinajstić information content (AvgIpc) is 2.76. The van der Waals surface area contributed by atoms with Crippen LogP contribution in [0.1, 0.15) is 34.8 Å². The van der Waals surface area contributed by atoms with Gasteiger partial charge in [-0.15, -0.1) is 11.3 Å². The van der Waals surface area contributed by atoms with Crippen molar-refractivity contribution >= 4 is 23.3 Å². The predicted octanol–water partition coefficient (Wildman–Crippen LogP) is 1.48. The minimum absolute atomic E-state index is 0.0643. The number of aromatic carboxylic acids is 1. The fourth-order valence-corrected chi connectivity index (χ4v) is 2.58. The van der Waals surface area contributed by atoms with Gasteiger partial charge in [0.1, 0.15) is 0 Å². The van der Waals surface area contributed by atoms with Crippen LogP contribution in [0.3, 0.4) is 0 Å². The van der Waals surface area contributed by atoms with Crippen LogP contribution in [0.2, 0.25) is 0 Å². The number of amides is 2. The van der Waals surface area contributed by atoms with Crippen molar-refractivity contribution in [2.24, 2.45) is 5.92 Å². The number of carboxylic acids is 1. The van der Waals surface area contributed by atoms with Gasteiger partial charge in [0.15, 0.2) is 5.69 Å². The Balaban J connectivity index is 1.61. The summed E-state index contributed by atoms with van der Waals surface area (Å²) in [6.07, 6.45) is 4.23. The molecule has 104 valence electrons. The first kappa shape index (κ1) is 13.8. The first-order valence-electron chi connectivity index (χ1n) is 6.34. The van der Waals surface area contributed by atoms with E-state index in [9.17, 15) is 9.59 Å². The molecule has 7 heteroatoms. The lowest BCUT2D eigenvalue weighted by Crippen LogP contribution is -2.40. The molecule has 0 spiro atoms. The van der Waals surface area contributed by atoms with Crippen molar-refractivity contribution in [3.05, 3.63) is 16.1 Å². The highest BCUT2D eigenvalue weighted by Crippen LogP contribution is 2.24. The molecule has 1 aliphatic carbocycles. The molecule has 1 fully saturated rings. The number of urea groups is 1. The van der Waals surface area contributed by atoms with Crippen LogP contribution >= 0.6 is 11.3 Å². The highest BCUT2D eigenvalue weighted by atomic mass is 32.1. The third kappa shape index (κ3) is 4.20. The summed E-state index contributed by atoms with van der Waals surface area (Å²) in [7, 11) is 0. The zero-order valence-electron chi connectivity index (χ0n) is 10.5. The molecule has 0 atom stereocenters. The molecule has 1 heterocycles. The lowest BCUT2D eigenvalue weighted by molar-refractivity contribution is 0.0691. The number of carbonyl (C=O) groups is 2. The van der Waals surface area contributed by atoms with Crippen molar-refractivity contribution in [2.75, 3.05) is 13.1 Å². The maximum absolute atomic E-state index is 11.5. The van der Waals surface area contributed by atoms with Crippen LogP contribution in [-0.4, -0.2) is 35.2 Å². The number of hydrogen-bond acceptors (Lipinski definition) is 4. The summed E-state index contributed by atoms with van der Waals surface area (Å²) in [5, 5.41) is 16.5. The number of aromatic nitrogens is 1. The van der Waals surface area contributed by atoms with Crippen molar-refractivity contribution in [1.82, 2.24) is 15.6 Å². The topological polar surface area (TPSA) is 91.3 Å². The van der Waals surface area contributed by atoms with E-state index >= 15 is 0 Å². The maximum Gasteiger partial charge on any atom is 0.355 e. The lowest BCUT2D eigenvalue weighted by Gasteiger charge is -2.25. The van der Waals surface area contributed by atoms with Gasteiger partial charge in [0.2, 0.25) is 0 Å². The molecule has 0 aliphatic heterocycles. The Bertz CT molecular complexity index is 457. The fourth-order valence-electron chi connectivity index (χ4n) is 1.80. The number of nitrogens with zero attached hydrogens (tertiary/aromatic N) is 1. The van der Waals surface area contributed by atoms with Gasteiger partial charge in [-0.1, -0.05) is 6.42 Å². The highest BCUT2D eigenvalue weighted by Gasteiger charge is 2.17. The minimum atomic E-state index is -1.02. The summed E-state index contributed by atoms with van der Waals surface area (Å²) in [6, 6.07) is -0.165. The number of carbonyl (C=O) groups excluding carboxylic acids is 1. The quantitative estimate of drug-likeness (QED) is 0.737. The van der Waals surface area contributed by atoms with Gasteiger partial charge in [-0.2, -0.15) is 0 Å². The van der Waals surface area contributed by atoms with Crippen LogP contribution in [0.4, 0.5) is 4.79 Å².